The molecule has 2 heterocycles. The van der Waals surface area contributed by atoms with Gasteiger partial charge in [0.05, 0.1) is 18.2 Å². The molecule has 0 fully saturated rings. The van der Waals surface area contributed by atoms with Crippen LogP contribution >= 0.6 is 11.6 Å². The number of carbonyl (C=O) groups excluding carboxylic acids is 2. The molecule has 3 rings (SSSR count). The summed E-state index contributed by atoms with van der Waals surface area (Å²) in [7, 11) is 0. The monoisotopic (exact) mass is 512 g/mol. The third-order valence-electron chi connectivity index (χ3n) is 4.75. The molecular weight excluding hydrogens is 493 g/mol. The van der Waals surface area contributed by atoms with Gasteiger partial charge in [-0.05, 0) is 31.5 Å². The number of aromatic nitrogens is 3. The standard InChI is InChI=1S/C21H20ClF3N6O4/c1-10-3-4-12(7-13(10)21(23,24)25)30-19(33)15-8-14(31-35-15)11(2)29-20(34)17-16(22)18(26-5-6-32)28-9-27-17/h3-4,7-9,11,32H,5-6H2,1-2H3,(H,29,34)(H,30,33)(H,26,27,28)/t11-/m1/s1. The Kier molecular flexibility index (Phi) is 7.92. The van der Waals surface area contributed by atoms with Gasteiger partial charge in [0.2, 0.25) is 5.76 Å². The van der Waals surface area contributed by atoms with Crippen LogP contribution in [0.25, 0.3) is 0 Å². The number of nitrogens with one attached hydrogen (secondary N) is 3. The molecule has 0 spiro atoms. The number of aliphatic hydroxyl groups excluding tert-OH is 1. The van der Waals surface area contributed by atoms with Crippen molar-refractivity contribution in [1.82, 2.24) is 20.4 Å². The fourth-order valence-corrected chi connectivity index (χ4v) is 3.21. The van der Waals surface area contributed by atoms with E-state index in [1.54, 1.807) is 6.92 Å². The van der Waals surface area contributed by atoms with Crippen molar-refractivity contribution in [3.8, 4) is 0 Å². The van der Waals surface area contributed by atoms with Gasteiger partial charge in [-0.15, -0.1) is 0 Å². The van der Waals surface area contributed by atoms with Crippen LogP contribution in [0.2, 0.25) is 5.02 Å². The van der Waals surface area contributed by atoms with Gasteiger partial charge in [-0.3, -0.25) is 9.59 Å². The molecule has 0 unspecified atom stereocenters. The third-order valence-corrected chi connectivity index (χ3v) is 5.11. The molecule has 0 saturated heterocycles. The molecule has 1 atom stereocenters. The Bertz CT molecular complexity index is 1230. The summed E-state index contributed by atoms with van der Waals surface area (Å²) in [6, 6.07) is 3.89. The van der Waals surface area contributed by atoms with Crippen molar-refractivity contribution < 1.29 is 32.4 Å². The maximum absolute atomic E-state index is 13.1. The highest BCUT2D eigenvalue weighted by atomic mass is 35.5. The fraction of sp³-hybridized carbons (Fsp3) is 0.286. The van der Waals surface area contributed by atoms with Crippen molar-refractivity contribution >= 4 is 34.9 Å². The maximum Gasteiger partial charge on any atom is 0.416 e. The first-order valence-corrected chi connectivity index (χ1v) is 10.5. The zero-order chi connectivity index (χ0) is 25.8. The Morgan fingerprint density at radius 2 is 1.94 bits per heavy atom. The lowest BCUT2D eigenvalue weighted by molar-refractivity contribution is -0.138. The van der Waals surface area contributed by atoms with E-state index >= 15 is 0 Å². The SMILES string of the molecule is Cc1ccc(NC(=O)c2cc([C@@H](C)NC(=O)c3ncnc(NCCO)c3Cl)no2)cc1C(F)(F)F. The Balaban J connectivity index is 1.69. The molecule has 0 bridgehead atoms. The Hall–Kier alpha value is -3.71. The molecule has 2 amide bonds. The van der Waals surface area contributed by atoms with E-state index < -0.39 is 29.6 Å². The van der Waals surface area contributed by atoms with Crippen LogP contribution < -0.4 is 16.0 Å². The highest BCUT2D eigenvalue weighted by Gasteiger charge is 2.32. The highest BCUT2D eigenvalue weighted by Crippen LogP contribution is 2.33. The van der Waals surface area contributed by atoms with Gasteiger partial charge in [-0.1, -0.05) is 22.8 Å². The van der Waals surface area contributed by atoms with Crippen molar-refractivity contribution in [3.05, 3.63) is 63.9 Å². The zero-order valence-electron chi connectivity index (χ0n) is 18.4. The van der Waals surface area contributed by atoms with Crippen LogP contribution in [0.15, 0.2) is 35.1 Å². The lowest BCUT2D eigenvalue weighted by atomic mass is 10.1. The largest absolute Gasteiger partial charge is 0.416 e. The normalized spacial score (nSPS) is 12.2. The highest BCUT2D eigenvalue weighted by molar-refractivity contribution is 6.35. The van der Waals surface area contributed by atoms with Gasteiger partial charge in [0.15, 0.2) is 5.69 Å². The summed E-state index contributed by atoms with van der Waals surface area (Å²) in [6.45, 7) is 2.87. The predicted octanol–water partition coefficient (Wildman–Crippen LogP) is 3.59. The molecule has 186 valence electrons. The minimum absolute atomic E-state index is 0.0158. The van der Waals surface area contributed by atoms with Crippen LogP contribution in [-0.2, 0) is 6.18 Å². The van der Waals surface area contributed by atoms with E-state index in [1.165, 1.54) is 25.1 Å². The van der Waals surface area contributed by atoms with Crippen LogP contribution in [-0.4, -0.2) is 45.2 Å². The maximum atomic E-state index is 13.1. The molecule has 0 aliphatic heterocycles. The van der Waals surface area contributed by atoms with Crippen molar-refractivity contribution in [1.29, 1.82) is 0 Å². The number of benzene rings is 1. The fourth-order valence-electron chi connectivity index (χ4n) is 2.96. The summed E-state index contributed by atoms with van der Waals surface area (Å²) >= 11 is 6.15. The van der Waals surface area contributed by atoms with Gasteiger partial charge in [-0.2, -0.15) is 13.2 Å². The minimum Gasteiger partial charge on any atom is -0.395 e. The molecule has 3 aromatic rings. The van der Waals surface area contributed by atoms with E-state index in [-0.39, 0.29) is 52.4 Å². The second kappa shape index (κ2) is 10.7. The van der Waals surface area contributed by atoms with Crippen LogP contribution in [0.3, 0.4) is 0 Å². The number of hydrogen-bond acceptors (Lipinski definition) is 8. The lowest BCUT2D eigenvalue weighted by Crippen LogP contribution is -2.28. The van der Waals surface area contributed by atoms with E-state index in [4.69, 9.17) is 21.2 Å². The minimum atomic E-state index is -4.57. The summed E-state index contributed by atoms with van der Waals surface area (Å²) in [5.41, 5.74) is -0.885. The number of aliphatic hydroxyl groups is 1. The van der Waals surface area contributed by atoms with Crippen molar-refractivity contribution in [2.75, 3.05) is 23.8 Å². The number of halogens is 4. The Morgan fingerprint density at radius 3 is 2.63 bits per heavy atom. The Morgan fingerprint density at radius 1 is 1.20 bits per heavy atom. The van der Waals surface area contributed by atoms with Gasteiger partial charge >= 0.3 is 6.18 Å². The molecule has 4 N–H and O–H groups in total. The summed E-state index contributed by atoms with van der Waals surface area (Å²) < 4.78 is 44.3. The van der Waals surface area contributed by atoms with Crippen molar-refractivity contribution in [2.45, 2.75) is 26.1 Å². The number of nitrogens with zero attached hydrogens (tertiary/aromatic N) is 3. The average molecular weight is 513 g/mol. The molecule has 10 nitrogen and oxygen atoms in total. The Labute approximate surface area is 201 Å². The third kappa shape index (κ3) is 6.25. The van der Waals surface area contributed by atoms with Gasteiger partial charge in [-0.25, -0.2) is 9.97 Å². The van der Waals surface area contributed by atoms with Gasteiger partial charge in [0, 0.05) is 18.3 Å². The van der Waals surface area contributed by atoms with Gasteiger partial charge < -0.3 is 25.6 Å². The molecule has 0 aliphatic rings. The van der Waals surface area contributed by atoms with E-state index in [9.17, 15) is 22.8 Å². The molecule has 2 aromatic heterocycles. The quantitative estimate of drug-likeness (QED) is 0.358. The molecular formula is C21H20ClF3N6O4. The molecule has 0 radical (unpaired) electrons. The smallest absolute Gasteiger partial charge is 0.395 e. The van der Waals surface area contributed by atoms with Crippen LogP contribution in [0.1, 0.15) is 50.8 Å². The van der Waals surface area contributed by atoms with E-state index in [0.717, 1.165) is 12.4 Å². The number of alkyl halides is 3. The number of carbonyl (C=O) groups is 2. The summed E-state index contributed by atoms with van der Waals surface area (Å²) in [4.78, 5) is 32.8. The lowest BCUT2D eigenvalue weighted by Gasteiger charge is -2.12. The molecule has 0 aliphatic carbocycles. The summed E-state index contributed by atoms with van der Waals surface area (Å²) in [6.07, 6.45) is -3.45. The number of hydrogen-bond donors (Lipinski definition) is 4. The van der Waals surface area contributed by atoms with Crippen LogP contribution in [0.4, 0.5) is 24.7 Å². The first-order valence-electron chi connectivity index (χ1n) is 10.1. The average Bonchev–Trinajstić information content (AvgIpc) is 3.29. The molecule has 1 aromatic carbocycles. The zero-order valence-corrected chi connectivity index (χ0v) is 19.2. The van der Waals surface area contributed by atoms with Gasteiger partial charge in [0.1, 0.15) is 22.9 Å². The number of rotatable bonds is 8. The first-order chi connectivity index (χ1) is 16.5. The van der Waals surface area contributed by atoms with Crippen LogP contribution in [0.5, 0.6) is 0 Å². The molecule has 0 saturated carbocycles. The van der Waals surface area contributed by atoms with Crippen LogP contribution in [0, 0.1) is 6.92 Å². The van der Waals surface area contributed by atoms with E-state index in [0.29, 0.717) is 0 Å². The second-order valence-electron chi connectivity index (χ2n) is 7.33. The number of aryl methyl sites for hydroxylation is 1. The predicted molar refractivity (Wildman–Crippen MR) is 119 cm³/mol. The summed E-state index contributed by atoms with van der Waals surface area (Å²) in [5.74, 6) is -1.59. The van der Waals surface area contributed by atoms with E-state index in [2.05, 4.69) is 31.1 Å². The first kappa shape index (κ1) is 25.9. The van der Waals surface area contributed by atoms with Crippen molar-refractivity contribution in [3.63, 3.8) is 0 Å². The summed E-state index contributed by atoms with van der Waals surface area (Å²) in [5, 5.41) is 20.3. The number of amides is 2. The number of anilines is 2. The molecule has 35 heavy (non-hydrogen) atoms. The van der Waals surface area contributed by atoms with E-state index in [1.807, 2.05) is 0 Å². The van der Waals surface area contributed by atoms with Gasteiger partial charge in [0.25, 0.3) is 11.8 Å². The topological polar surface area (TPSA) is 142 Å². The van der Waals surface area contributed by atoms with Crippen molar-refractivity contribution in [2.24, 2.45) is 0 Å². The molecule has 14 heteroatoms. The second-order valence-corrected chi connectivity index (χ2v) is 7.71.